The number of rotatable bonds is 2. The van der Waals surface area contributed by atoms with E-state index in [1.54, 1.807) is 11.3 Å². The number of aryl methyl sites for hydroxylation is 1. The summed E-state index contributed by atoms with van der Waals surface area (Å²) in [5, 5.41) is 6.04. The normalized spacial score (nSPS) is 10.7. The van der Waals surface area contributed by atoms with Crippen molar-refractivity contribution >= 4 is 33.1 Å². The molecule has 2 aromatic heterocycles. The largest absolute Gasteiger partial charge is 0.331 e. The van der Waals surface area contributed by atoms with E-state index < -0.39 is 0 Å². The standard InChI is InChI=1S/C14H12N2OS/c1-16-12(9-10-7-8-18-14(10)16)13(17)15-11-5-3-2-4-6-11/h2-9H,1H3,(H,15,17). The third-order valence-corrected chi connectivity index (χ3v) is 3.90. The molecular formula is C14H12N2OS. The van der Waals surface area contributed by atoms with E-state index in [-0.39, 0.29) is 5.91 Å². The van der Waals surface area contributed by atoms with Gasteiger partial charge in [0.2, 0.25) is 0 Å². The molecule has 0 saturated heterocycles. The fourth-order valence-electron chi connectivity index (χ4n) is 1.98. The highest BCUT2D eigenvalue weighted by Gasteiger charge is 2.13. The summed E-state index contributed by atoms with van der Waals surface area (Å²) in [4.78, 5) is 13.3. The Morgan fingerprint density at radius 2 is 2.00 bits per heavy atom. The molecular weight excluding hydrogens is 244 g/mol. The van der Waals surface area contributed by atoms with Crippen LogP contribution in [0.2, 0.25) is 0 Å². The number of hydrogen-bond acceptors (Lipinski definition) is 2. The van der Waals surface area contributed by atoms with Gasteiger partial charge in [-0.25, -0.2) is 0 Å². The zero-order valence-corrected chi connectivity index (χ0v) is 10.7. The van der Waals surface area contributed by atoms with E-state index in [0.717, 1.165) is 15.9 Å². The molecule has 0 aliphatic rings. The van der Waals surface area contributed by atoms with Gasteiger partial charge in [0.25, 0.3) is 5.91 Å². The monoisotopic (exact) mass is 256 g/mol. The lowest BCUT2D eigenvalue weighted by atomic mass is 10.3. The van der Waals surface area contributed by atoms with E-state index in [1.165, 1.54) is 0 Å². The average molecular weight is 256 g/mol. The maximum absolute atomic E-state index is 12.2. The summed E-state index contributed by atoms with van der Waals surface area (Å²) in [6, 6.07) is 13.4. The first kappa shape index (κ1) is 11.0. The Morgan fingerprint density at radius 3 is 2.72 bits per heavy atom. The Balaban J connectivity index is 1.92. The fourth-order valence-corrected chi connectivity index (χ4v) is 2.84. The summed E-state index contributed by atoms with van der Waals surface area (Å²) in [7, 11) is 1.92. The zero-order chi connectivity index (χ0) is 12.5. The van der Waals surface area contributed by atoms with Crippen LogP contribution in [0.1, 0.15) is 10.5 Å². The predicted molar refractivity (Wildman–Crippen MR) is 75.2 cm³/mol. The Morgan fingerprint density at radius 1 is 1.22 bits per heavy atom. The molecule has 90 valence electrons. The van der Waals surface area contributed by atoms with Gasteiger partial charge in [0.15, 0.2) is 0 Å². The Bertz CT molecular complexity index is 697. The Kier molecular flexibility index (Phi) is 2.64. The van der Waals surface area contributed by atoms with Crippen molar-refractivity contribution in [2.24, 2.45) is 7.05 Å². The van der Waals surface area contributed by atoms with Crippen LogP contribution in [0.5, 0.6) is 0 Å². The molecule has 3 aromatic rings. The van der Waals surface area contributed by atoms with Gasteiger partial charge in [-0.05, 0) is 29.6 Å². The van der Waals surface area contributed by atoms with Gasteiger partial charge in [0.05, 0.1) is 0 Å². The van der Waals surface area contributed by atoms with Gasteiger partial charge in [-0.3, -0.25) is 4.79 Å². The number of benzene rings is 1. The third-order valence-electron chi connectivity index (χ3n) is 2.90. The highest BCUT2D eigenvalue weighted by Crippen LogP contribution is 2.24. The number of nitrogens with zero attached hydrogens (tertiary/aromatic N) is 1. The summed E-state index contributed by atoms with van der Waals surface area (Å²) < 4.78 is 1.93. The van der Waals surface area contributed by atoms with Crippen molar-refractivity contribution in [2.75, 3.05) is 5.32 Å². The van der Waals surface area contributed by atoms with Crippen molar-refractivity contribution in [3.63, 3.8) is 0 Å². The van der Waals surface area contributed by atoms with Crippen molar-refractivity contribution in [1.82, 2.24) is 4.57 Å². The molecule has 0 aliphatic heterocycles. The van der Waals surface area contributed by atoms with Crippen LogP contribution < -0.4 is 5.32 Å². The minimum absolute atomic E-state index is 0.0768. The molecule has 0 saturated carbocycles. The van der Waals surface area contributed by atoms with Gasteiger partial charge in [0, 0.05) is 18.1 Å². The van der Waals surface area contributed by atoms with Crippen molar-refractivity contribution in [3.8, 4) is 0 Å². The number of thiophene rings is 1. The minimum atomic E-state index is -0.0768. The second-order valence-corrected chi connectivity index (χ2v) is 4.98. The fraction of sp³-hybridized carbons (Fsp3) is 0.0714. The number of aromatic nitrogens is 1. The molecule has 0 unspecified atom stereocenters. The van der Waals surface area contributed by atoms with Gasteiger partial charge in [0.1, 0.15) is 10.5 Å². The van der Waals surface area contributed by atoms with Crippen molar-refractivity contribution in [1.29, 1.82) is 0 Å². The van der Waals surface area contributed by atoms with Gasteiger partial charge in [-0.15, -0.1) is 11.3 Å². The molecule has 0 aliphatic carbocycles. The molecule has 4 heteroatoms. The summed E-state index contributed by atoms with van der Waals surface area (Å²) in [5.41, 5.74) is 1.49. The number of carbonyl (C=O) groups excluding carboxylic acids is 1. The van der Waals surface area contributed by atoms with Crippen LogP contribution >= 0.6 is 11.3 Å². The highest BCUT2D eigenvalue weighted by atomic mass is 32.1. The number of anilines is 1. The zero-order valence-electron chi connectivity index (χ0n) is 9.88. The predicted octanol–water partition coefficient (Wildman–Crippen LogP) is 3.49. The molecule has 0 bridgehead atoms. The average Bonchev–Trinajstić information content (AvgIpc) is 2.94. The summed E-state index contributed by atoms with van der Waals surface area (Å²) in [6.45, 7) is 0. The van der Waals surface area contributed by atoms with Crippen molar-refractivity contribution < 1.29 is 4.79 Å². The Hall–Kier alpha value is -2.07. The minimum Gasteiger partial charge on any atom is -0.331 e. The lowest BCUT2D eigenvalue weighted by molar-refractivity contribution is 0.102. The lowest BCUT2D eigenvalue weighted by Gasteiger charge is -2.05. The van der Waals surface area contributed by atoms with Crippen LogP contribution in [0.4, 0.5) is 5.69 Å². The molecule has 3 nitrogen and oxygen atoms in total. The summed E-state index contributed by atoms with van der Waals surface area (Å²) >= 11 is 1.64. The SMILES string of the molecule is Cn1c(C(=O)Nc2ccccc2)cc2ccsc21. The number of hydrogen-bond donors (Lipinski definition) is 1. The van der Waals surface area contributed by atoms with Crippen LogP contribution in [0.25, 0.3) is 10.2 Å². The molecule has 0 radical (unpaired) electrons. The van der Waals surface area contributed by atoms with E-state index in [9.17, 15) is 4.79 Å². The molecule has 2 heterocycles. The number of carbonyl (C=O) groups is 1. The molecule has 0 fully saturated rings. The Labute approximate surface area is 109 Å². The second-order valence-electron chi connectivity index (χ2n) is 4.09. The van der Waals surface area contributed by atoms with Crippen molar-refractivity contribution in [3.05, 3.63) is 53.5 Å². The summed E-state index contributed by atoms with van der Waals surface area (Å²) in [6.07, 6.45) is 0. The first-order chi connectivity index (χ1) is 8.75. The van der Waals surface area contributed by atoms with Gasteiger partial charge in [-0.2, -0.15) is 0 Å². The first-order valence-corrected chi connectivity index (χ1v) is 6.53. The van der Waals surface area contributed by atoms with E-state index in [0.29, 0.717) is 5.69 Å². The molecule has 1 aromatic carbocycles. The van der Waals surface area contributed by atoms with Crippen LogP contribution in [0.15, 0.2) is 47.8 Å². The van der Waals surface area contributed by atoms with Gasteiger partial charge < -0.3 is 9.88 Å². The number of fused-ring (bicyclic) bond motifs is 1. The van der Waals surface area contributed by atoms with E-state index in [4.69, 9.17) is 0 Å². The van der Waals surface area contributed by atoms with Gasteiger partial charge in [-0.1, -0.05) is 18.2 Å². The number of para-hydroxylation sites is 1. The second kappa shape index (κ2) is 4.31. The smallest absolute Gasteiger partial charge is 0.272 e. The topological polar surface area (TPSA) is 34.0 Å². The molecule has 3 rings (SSSR count). The van der Waals surface area contributed by atoms with Gasteiger partial charge >= 0.3 is 0 Å². The third kappa shape index (κ3) is 1.80. The van der Waals surface area contributed by atoms with Crippen LogP contribution in [-0.2, 0) is 7.05 Å². The van der Waals surface area contributed by atoms with E-state index >= 15 is 0 Å². The lowest BCUT2D eigenvalue weighted by Crippen LogP contribution is -2.15. The van der Waals surface area contributed by atoms with Crippen LogP contribution in [-0.4, -0.2) is 10.5 Å². The van der Waals surface area contributed by atoms with Crippen molar-refractivity contribution in [2.45, 2.75) is 0 Å². The maximum Gasteiger partial charge on any atom is 0.272 e. The molecule has 1 amide bonds. The summed E-state index contributed by atoms with van der Waals surface area (Å²) in [5.74, 6) is -0.0768. The molecule has 0 atom stereocenters. The number of amides is 1. The number of nitrogens with one attached hydrogen (secondary N) is 1. The highest BCUT2D eigenvalue weighted by molar-refractivity contribution is 7.16. The molecule has 1 N–H and O–H groups in total. The molecule has 18 heavy (non-hydrogen) atoms. The van der Waals surface area contributed by atoms with E-state index in [1.807, 2.05) is 59.5 Å². The first-order valence-electron chi connectivity index (χ1n) is 5.65. The maximum atomic E-state index is 12.2. The van der Waals surface area contributed by atoms with Crippen LogP contribution in [0, 0.1) is 0 Å². The molecule has 0 spiro atoms. The quantitative estimate of drug-likeness (QED) is 0.748. The van der Waals surface area contributed by atoms with E-state index in [2.05, 4.69) is 5.32 Å². The van der Waals surface area contributed by atoms with Crippen LogP contribution in [0.3, 0.4) is 0 Å².